The minimum atomic E-state index is -0.160. The van der Waals surface area contributed by atoms with Crippen molar-refractivity contribution in [3.05, 3.63) is 65.5 Å². The summed E-state index contributed by atoms with van der Waals surface area (Å²) in [6.45, 7) is 8.70. The van der Waals surface area contributed by atoms with Crippen LogP contribution in [-0.2, 0) is 10.6 Å². The Morgan fingerprint density at radius 2 is 1.52 bits per heavy atom. The first-order valence-corrected chi connectivity index (χ1v) is 12.5. The second kappa shape index (κ2) is 8.50. The van der Waals surface area contributed by atoms with E-state index in [0.717, 1.165) is 58.0 Å². The largest absolute Gasteiger partial charge is 0.369 e. The van der Waals surface area contributed by atoms with E-state index in [0.29, 0.717) is 0 Å². The second-order valence-corrected chi connectivity index (χ2v) is 11.2. The maximum Gasteiger partial charge on any atom is 0.123 e. The highest BCUT2D eigenvalue weighted by Gasteiger charge is 2.43. The van der Waals surface area contributed by atoms with E-state index in [4.69, 9.17) is 0 Å². The van der Waals surface area contributed by atoms with E-state index in [2.05, 4.69) is 62.5 Å². The highest BCUT2D eigenvalue weighted by atomic mass is 32.2. The van der Waals surface area contributed by atoms with Gasteiger partial charge in [-0.1, -0.05) is 24.3 Å². The van der Waals surface area contributed by atoms with Gasteiger partial charge in [0.05, 0.1) is 4.08 Å². The van der Waals surface area contributed by atoms with Gasteiger partial charge < -0.3 is 4.90 Å². The van der Waals surface area contributed by atoms with Crippen molar-refractivity contribution in [2.45, 2.75) is 10.6 Å². The van der Waals surface area contributed by atoms with Crippen LogP contribution in [0, 0.1) is 5.82 Å². The first kappa shape index (κ1) is 19.7. The van der Waals surface area contributed by atoms with Crippen molar-refractivity contribution in [3.8, 4) is 0 Å². The third-order valence-electron chi connectivity index (χ3n) is 6.30. The van der Waals surface area contributed by atoms with Gasteiger partial charge in [-0.2, -0.15) is 0 Å². The van der Waals surface area contributed by atoms with Crippen LogP contribution in [0.5, 0.6) is 0 Å². The molecule has 3 nitrogen and oxygen atoms in total. The van der Waals surface area contributed by atoms with Crippen LogP contribution in [0.15, 0.2) is 48.5 Å². The third kappa shape index (κ3) is 4.18. The Labute approximate surface area is 181 Å². The normalized spacial score (nSPS) is 22.2. The van der Waals surface area contributed by atoms with Crippen LogP contribution in [0.1, 0.15) is 11.1 Å². The molecule has 2 fully saturated rings. The highest BCUT2D eigenvalue weighted by molar-refractivity contribution is 8.20. The van der Waals surface area contributed by atoms with E-state index in [1.807, 2.05) is 12.1 Å². The minimum absolute atomic E-state index is 0.160. The quantitative estimate of drug-likeness (QED) is 0.722. The van der Waals surface area contributed by atoms with E-state index in [-0.39, 0.29) is 9.90 Å². The average Bonchev–Trinajstić information content (AvgIpc) is 3.22. The number of benzene rings is 2. The molecule has 5 rings (SSSR count). The van der Waals surface area contributed by atoms with Gasteiger partial charge in [0.2, 0.25) is 0 Å². The van der Waals surface area contributed by atoms with Gasteiger partial charge in [-0.25, -0.2) is 4.39 Å². The van der Waals surface area contributed by atoms with E-state index in [1.165, 1.54) is 17.1 Å². The molecule has 0 aromatic heterocycles. The number of nitrogens with zero attached hydrogens (tertiary/aromatic N) is 3. The summed E-state index contributed by atoms with van der Waals surface area (Å²) in [7, 11) is 0. The Balaban J connectivity index is 1.17. The zero-order chi connectivity index (χ0) is 19.7. The molecule has 3 heterocycles. The van der Waals surface area contributed by atoms with Gasteiger partial charge in [-0.3, -0.25) is 9.80 Å². The zero-order valence-electron chi connectivity index (χ0n) is 16.7. The molecule has 6 heteroatoms. The van der Waals surface area contributed by atoms with Crippen molar-refractivity contribution in [1.82, 2.24) is 9.80 Å². The summed E-state index contributed by atoms with van der Waals surface area (Å²) in [5.41, 5.74) is 4.22. The van der Waals surface area contributed by atoms with Crippen molar-refractivity contribution in [2.24, 2.45) is 0 Å². The summed E-state index contributed by atoms with van der Waals surface area (Å²) < 4.78 is 13.4. The first-order chi connectivity index (χ1) is 14.2. The molecule has 3 aliphatic rings. The van der Waals surface area contributed by atoms with Crippen molar-refractivity contribution in [3.63, 3.8) is 0 Å². The summed E-state index contributed by atoms with van der Waals surface area (Å²) in [4.78, 5) is 7.62. The average molecular weight is 430 g/mol. The third-order valence-corrected chi connectivity index (χ3v) is 9.72. The molecule has 1 spiro atoms. The number of hydrogen-bond acceptors (Lipinski definition) is 5. The fourth-order valence-electron chi connectivity index (χ4n) is 4.73. The van der Waals surface area contributed by atoms with Crippen molar-refractivity contribution >= 4 is 29.2 Å². The van der Waals surface area contributed by atoms with Gasteiger partial charge in [-0.15, -0.1) is 23.5 Å². The smallest absolute Gasteiger partial charge is 0.123 e. The molecule has 2 aromatic carbocycles. The molecule has 29 heavy (non-hydrogen) atoms. The molecular formula is C23H28FN3S2. The number of halogens is 1. The fourth-order valence-corrected chi connectivity index (χ4v) is 8.15. The zero-order valence-corrected chi connectivity index (χ0v) is 18.4. The number of rotatable bonds is 4. The van der Waals surface area contributed by atoms with Crippen molar-refractivity contribution in [1.29, 1.82) is 0 Å². The van der Waals surface area contributed by atoms with Crippen LogP contribution in [0.3, 0.4) is 0 Å². The minimum Gasteiger partial charge on any atom is -0.369 e. The molecule has 0 bridgehead atoms. The highest BCUT2D eigenvalue weighted by Crippen LogP contribution is 2.55. The summed E-state index contributed by atoms with van der Waals surface area (Å²) in [6.07, 6.45) is 0. The van der Waals surface area contributed by atoms with Gasteiger partial charge in [-0.05, 0) is 35.4 Å². The fraction of sp³-hybridized carbons (Fsp3) is 0.478. The van der Waals surface area contributed by atoms with Gasteiger partial charge >= 0.3 is 0 Å². The van der Waals surface area contributed by atoms with Crippen LogP contribution in [0.25, 0.3) is 0 Å². The van der Waals surface area contributed by atoms with Gasteiger partial charge in [0.15, 0.2) is 0 Å². The van der Waals surface area contributed by atoms with Crippen LogP contribution < -0.4 is 4.90 Å². The number of fused-ring (bicyclic) bond motifs is 2. The van der Waals surface area contributed by atoms with Crippen LogP contribution in [0.2, 0.25) is 0 Å². The standard InChI is InChI=1S/C23H28FN3S2/c24-20-5-7-21(8-6-20)27-13-11-25(12-14-27)9-10-26-17-19-3-1-2-4-22(19)23(18-26)28-15-16-29-23/h1-8H,9-18H2. The van der Waals surface area contributed by atoms with Crippen LogP contribution in [0.4, 0.5) is 10.1 Å². The van der Waals surface area contributed by atoms with E-state index in [1.54, 1.807) is 17.7 Å². The van der Waals surface area contributed by atoms with E-state index in [9.17, 15) is 4.39 Å². The predicted octanol–water partition coefficient (Wildman–Crippen LogP) is 4.10. The molecule has 154 valence electrons. The van der Waals surface area contributed by atoms with Crippen LogP contribution >= 0.6 is 23.5 Å². The summed E-state index contributed by atoms with van der Waals surface area (Å²) in [5.74, 6) is 2.36. The molecule has 0 amide bonds. The molecule has 0 atom stereocenters. The Morgan fingerprint density at radius 1 is 0.828 bits per heavy atom. The summed E-state index contributed by atoms with van der Waals surface area (Å²) >= 11 is 4.29. The monoisotopic (exact) mass is 429 g/mol. The molecule has 2 saturated heterocycles. The van der Waals surface area contributed by atoms with Crippen molar-refractivity contribution in [2.75, 3.05) is 62.2 Å². The van der Waals surface area contributed by atoms with Crippen LogP contribution in [-0.4, -0.2) is 67.1 Å². The molecule has 0 N–H and O–H groups in total. The molecule has 0 saturated carbocycles. The Hall–Kier alpha value is -1.21. The lowest BCUT2D eigenvalue weighted by atomic mass is 9.99. The lowest BCUT2D eigenvalue weighted by molar-refractivity contribution is 0.182. The van der Waals surface area contributed by atoms with E-state index < -0.39 is 0 Å². The topological polar surface area (TPSA) is 9.72 Å². The maximum atomic E-state index is 13.2. The Kier molecular flexibility index (Phi) is 5.78. The van der Waals surface area contributed by atoms with Gasteiger partial charge in [0.1, 0.15) is 5.82 Å². The maximum absolute atomic E-state index is 13.2. The molecule has 0 radical (unpaired) electrons. The molecule has 2 aromatic rings. The second-order valence-electron chi connectivity index (χ2n) is 8.12. The van der Waals surface area contributed by atoms with Crippen molar-refractivity contribution < 1.29 is 4.39 Å². The predicted molar refractivity (Wildman–Crippen MR) is 123 cm³/mol. The van der Waals surface area contributed by atoms with Gasteiger partial charge in [0, 0.05) is 69.6 Å². The Bertz CT molecular complexity index is 830. The molecule has 3 aliphatic heterocycles. The summed E-state index contributed by atoms with van der Waals surface area (Å²) in [6, 6.07) is 16.0. The number of thioether (sulfide) groups is 2. The summed E-state index contributed by atoms with van der Waals surface area (Å²) in [5, 5.41) is 0. The molecule has 0 unspecified atom stereocenters. The SMILES string of the molecule is Fc1ccc(N2CCN(CCN3Cc4ccccc4C4(C3)SCCS4)CC2)cc1. The molecular weight excluding hydrogens is 401 g/mol. The number of piperazine rings is 1. The first-order valence-electron chi connectivity index (χ1n) is 10.5. The lowest BCUT2D eigenvalue weighted by Gasteiger charge is -2.42. The number of anilines is 1. The lowest BCUT2D eigenvalue weighted by Crippen LogP contribution is -2.50. The molecule has 0 aliphatic carbocycles. The number of hydrogen-bond donors (Lipinski definition) is 0. The van der Waals surface area contributed by atoms with E-state index >= 15 is 0 Å². The van der Waals surface area contributed by atoms with Gasteiger partial charge in [0.25, 0.3) is 0 Å². The Morgan fingerprint density at radius 3 is 2.28 bits per heavy atom.